The highest BCUT2D eigenvalue weighted by molar-refractivity contribution is 6.30. The number of rotatable bonds is 7. The zero-order chi connectivity index (χ0) is 21.5. The molecular formula is C23H31ClN4O2+2. The van der Waals surface area contributed by atoms with Crippen LogP contribution in [0.5, 0.6) is 0 Å². The Morgan fingerprint density at radius 2 is 1.80 bits per heavy atom. The topological polar surface area (TPSA) is 58.3 Å². The Morgan fingerprint density at radius 1 is 1.10 bits per heavy atom. The maximum atomic E-state index is 12.6. The van der Waals surface area contributed by atoms with Gasteiger partial charge in [0.1, 0.15) is 6.54 Å². The molecule has 1 heterocycles. The van der Waals surface area contributed by atoms with Crippen molar-refractivity contribution in [2.45, 2.75) is 13.5 Å². The van der Waals surface area contributed by atoms with Gasteiger partial charge in [-0.15, -0.1) is 0 Å². The number of hydrogen-bond acceptors (Lipinski definition) is 2. The Balaban J connectivity index is 1.39. The number of nitrogens with one attached hydrogen (secondary N) is 3. The number of likely N-dealkylation sites (N-methyl/N-ethyl adjacent to an activating group) is 1. The molecule has 1 unspecified atom stereocenters. The minimum atomic E-state index is -0.0834. The van der Waals surface area contributed by atoms with Crippen LogP contribution in [0.3, 0.4) is 0 Å². The molecule has 2 aromatic carbocycles. The molecule has 2 aromatic rings. The SMILES string of the molecule is Cc1ccc(NC(=O)C[NH+](C)CC(=O)N2CC[NH+](Cc3cccc(Cl)c3)CC2)cc1. The van der Waals surface area contributed by atoms with E-state index in [1.165, 1.54) is 10.5 Å². The fraction of sp³-hybridized carbons (Fsp3) is 0.391. The first-order valence-corrected chi connectivity index (χ1v) is 10.8. The zero-order valence-corrected chi connectivity index (χ0v) is 18.5. The van der Waals surface area contributed by atoms with Crippen molar-refractivity contribution >= 4 is 29.1 Å². The van der Waals surface area contributed by atoms with Crippen molar-refractivity contribution in [2.75, 3.05) is 51.6 Å². The molecule has 0 radical (unpaired) electrons. The second kappa shape index (κ2) is 10.6. The first kappa shape index (κ1) is 22.3. The van der Waals surface area contributed by atoms with E-state index in [2.05, 4.69) is 11.4 Å². The van der Waals surface area contributed by atoms with Crippen molar-refractivity contribution in [1.82, 2.24) is 4.90 Å². The molecule has 0 bridgehead atoms. The van der Waals surface area contributed by atoms with Gasteiger partial charge < -0.3 is 20.0 Å². The van der Waals surface area contributed by atoms with Gasteiger partial charge in [-0.3, -0.25) is 9.59 Å². The fourth-order valence-corrected chi connectivity index (χ4v) is 3.95. The average molecular weight is 431 g/mol. The minimum absolute atomic E-state index is 0.0834. The number of carbonyl (C=O) groups is 2. The van der Waals surface area contributed by atoms with Crippen LogP contribution in [0.1, 0.15) is 11.1 Å². The van der Waals surface area contributed by atoms with Gasteiger partial charge in [-0.2, -0.15) is 0 Å². The smallest absolute Gasteiger partial charge is 0.279 e. The molecule has 160 valence electrons. The molecule has 3 rings (SSSR count). The Bertz CT molecular complexity index is 864. The van der Waals surface area contributed by atoms with Gasteiger partial charge in [0.2, 0.25) is 0 Å². The maximum Gasteiger partial charge on any atom is 0.279 e. The number of anilines is 1. The van der Waals surface area contributed by atoms with E-state index < -0.39 is 0 Å². The summed E-state index contributed by atoms with van der Waals surface area (Å²) >= 11 is 6.07. The lowest BCUT2D eigenvalue weighted by molar-refractivity contribution is -0.917. The predicted octanol–water partition coefficient (Wildman–Crippen LogP) is 0.0289. The maximum absolute atomic E-state index is 12.6. The number of amides is 2. The monoisotopic (exact) mass is 430 g/mol. The van der Waals surface area contributed by atoms with Crippen molar-refractivity contribution < 1.29 is 19.4 Å². The van der Waals surface area contributed by atoms with E-state index in [1.54, 1.807) is 0 Å². The summed E-state index contributed by atoms with van der Waals surface area (Å²) < 4.78 is 0. The molecular weight excluding hydrogens is 400 g/mol. The molecule has 30 heavy (non-hydrogen) atoms. The third kappa shape index (κ3) is 6.83. The summed E-state index contributed by atoms with van der Waals surface area (Å²) in [6, 6.07) is 15.7. The molecule has 1 atom stereocenters. The number of piperazine rings is 1. The molecule has 6 nitrogen and oxygen atoms in total. The molecule has 0 aromatic heterocycles. The van der Waals surface area contributed by atoms with Gasteiger partial charge in [-0.25, -0.2) is 0 Å². The van der Waals surface area contributed by atoms with Crippen LogP contribution in [-0.2, 0) is 16.1 Å². The summed E-state index contributed by atoms with van der Waals surface area (Å²) in [7, 11) is 1.88. The van der Waals surface area contributed by atoms with Crippen LogP contribution < -0.4 is 15.1 Å². The average Bonchev–Trinajstić information content (AvgIpc) is 2.70. The first-order chi connectivity index (χ1) is 14.4. The Hall–Kier alpha value is -2.41. The lowest BCUT2D eigenvalue weighted by Crippen LogP contribution is -3.14. The minimum Gasteiger partial charge on any atom is -0.328 e. The number of halogens is 1. The third-order valence-corrected chi connectivity index (χ3v) is 5.65. The normalized spacial score (nSPS) is 15.6. The summed E-state index contributed by atoms with van der Waals surface area (Å²) in [4.78, 5) is 29.1. The van der Waals surface area contributed by atoms with Gasteiger partial charge in [0, 0.05) is 16.3 Å². The molecule has 1 aliphatic rings. The summed E-state index contributed by atoms with van der Waals surface area (Å²) in [6.45, 7) is 6.86. The van der Waals surface area contributed by atoms with E-state index >= 15 is 0 Å². The van der Waals surface area contributed by atoms with E-state index in [4.69, 9.17) is 11.6 Å². The Labute approximate surface area is 183 Å². The van der Waals surface area contributed by atoms with Crippen LogP contribution >= 0.6 is 11.6 Å². The van der Waals surface area contributed by atoms with Crippen LogP contribution in [0.15, 0.2) is 48.5 Å². The standard InChI is InChI=1S/C23H29ClN4O2/c1-18-6-8-21(9-7-18)25-22(29)16-26(2)17-23(30)28-12-10-27(11-13-28)15-19-4-3-5-20(24)14-19/h3-9,14H,10-13,15-17H2,1-2H3,(H,25,29)/p+2. The lowest BCUT2D eigenvalue weighted by Gasteiger charge is -2.32. The third-order valence-electron chi connectivity index (χ3n) is 5.42. The molecule has 0 spiro atoms. The molecule has 1 saturated heterocycles. The van der Waals surface area contributed by atoms with Crippen LogP contribution in [0.4, 0.5) is 5.69 Å². The van der Waals surface area contributed by atoms with Crippen molar-refractivity contribution in [1.29, 1.82) is 0 Å². The lowest BCUT2D eigenvalue weighted by atomic mass is 10.2. The van der Waals surface area contributed by atoms with E-state index in [1.807, 2.05) is 61.3 Å². The van der Waals surface area contributed by atoms with Crippen molar-refractivity contribution in [3.05, 3.63) is 64.7 Å². The van der Waals surface area contributed by atoms with E-state index in [0.29, 0.717) is 6.54 Å². The molecule has 3 N–H and O–H groups in total. The number of quaternary nitrogens is 2. The predicted molar refractivity (Wildman–Crippen MR) is 119 cm³/mol. The summed E-state index contributed by atoms with van der Waals surface area (Å²) in [5.74, 6) is 0.0254. The van der Waals surface area contributed by atoms with Gasteiger partial charge in [0.05, 0.1) is 33.2 Å². The highest BCUT2D eigenvalue weighted by Crippen LogP contribution is 2.10. The number of carbonyl (C=O) groups excluding carboxylic acids is 2. The van der Waals surface area contributed by atoms with Gasteiger partial charge >= 0.3 is 0 Å². The van der Waals surface area contributed by atoms with Crippen LogP contribution in [0, 0.1) is 6.92 Å². The van der Waals surface area contributed by atoms with E-state index in [9.17, 15) is 9.59 Å². The quantitative estimate of drug-likeness (QED) is 0.580. The summed E-state index contributed by atoms with van der Waals surface area (Å²) in [5.41, 5.74) is 3.15. The number of hydrogen-bond donors (Lipinski definition) is 3. The first-order valence-electron chi connectivity index (χ1n) is 10.4. The van der Waals surface area contributed by atoms with Crippen molar-refractivity contribution in [3.63, 3.8) is 0 Å². The second-order valence-electron chi connectivity index (χ2n) is 8.16. The van der Waals surface area contributed by atoms with Gasteiger partial charge in [0.25, 0.3) is 11.8 Å². The highest BCUT2D eigenvalue weighted by atomic mass is 35.5. The molecule has 1 fully saturated rings. The van der Waals surface area contributed by atoms with Crippen LogP contribution in [0.2, 0.25) is 5.02 Å². The number of benzene rings is 2. The largest absolute Gasteiger partial charge is 0.328 e. The van der Waals surface area contributed by atoms with Gasteiger partial charge in [0.15, 0.2) is 13.1 Å². The zero-order valence-electron chi connectivity index (χ0n) is 17.7. The Kier molecular flexibility index (Phi) is 7.85. The molecule has 0 aliphatic carbocycles. The van der Waals surface area contributed by atoms with E-state index in [-0.39, 0.29) is 18.4 Å². The van der Waals surface area contributed by atoms with Gasteiger partial charge in [-0.05, 0) is 31.2 Å². The van der Waals surface area contributed by atoms with Crippen LogP contribution in [0.25, 0.3) is 0 Å². The highest BCUT2D eigenvalue weighted by Gasteiger charge is 2.26. The second-order valence-corrected chi connectivity index (χ2v) is 8.60. The van der Waals surface area contributed by atoms with Crippen molar-refractivity contribution in [3.8, 4) is 0 Å². The molecule has 1 aliphatic heterocycles. The Morgan fingerprint density at radius 3 is 2.47 bits per heavy atom. The fourth-order valence-electron chi connectivity index (χ4n) is 3.73. The molecule has 2 amide bonds. The van der Waals surface area contributed by atoms with Crippen molar-refractivity contribution in [2.24, 2.45) is 0 Å². The van der Waals surface area contributed by atoms with Crippen LogP contribution in [-0.4, -0.2) is 63.0 Å². The molecule has 7 heteroatoms. The van der Waals surface area contributed by atoms with E-state index in [0.717, 1.165) is 53.9 Å². The molecule has 0 saturated carbocycles. The summed E-state index contributed by atoms with van der Waals surface area (Å²) in [6.07, 6.45) is 0. The summed E-state index contributed by atoms with van der Waals surface area (Å²) in [5, 5.41) is 3.65. The van der Waals surface area contributed by atoms with Gasteiger partial charge in [-0.1, -0.05) is 41.4 Å². The number of nitrogens with zero attached hydrogens (tertiary/aromatic N) is 1. The number of aryl methyl sites for hydroxylation is 1.